The highest BCUT2D eigenvalue weighted by Crippen LogP contribution is 2.63. The molecule has 0 amide bonds. The van der Waals surface area contributed by atoms with Crippen LogP contribution in [0.5, 0.6) is 0 Å². The van der Waals surface area contributed by atoms with Gasteiger partial charge in [0.25, 0.3) is 0 Å². The normalized spacial score (nSPS) is 13.0. The largest absolute Gasteiger partial charge is 0.456 e. The fourth-order valence-corrected chi connectivity index (χ4v) is 10.3. The van der Waals surface area contributed by atoms with Crippen LogP contribution in [-0.4, -0.2) is 15.0 Å². The average Bonchev–Trinajstić information content (AvgIpc) is 3.98. The van der Waals surface area contributed by atoms with Crippen molar-refractivity contribution in [3.63, 3.8) is 0 Å². The smallest absolute Gasteiger partial charge is 0.164 e. The van der Waals surface area contributed by atoms with Crippen LogP contribution < -0.4 is 0 Å². The first-order chi connectivity index (χ1) is 30.7. The molecule has 13 rings (SSSR count). The van der Waals surface area contributed by atoms with Gasteiger partial charge in [-0.15, -0.1) is 0 Å². The Hall–Kier alpha value is -8.21. The molecule has 1 spiro atoms. The predicted octanol–water partition coefficient (Wildman–Crippen LogP) is 14.4. The van der Waals surface area contributed by atoms with Crippen LogP contribution in [0.2, 0.25) is 0 Å². The van der Waals surface area contributed by atoms with Gasteiger partial charge in [0, 0.05) is 27.5 Å². The second-order valence-corrected chi connectivity index (χ2v) is 16.2. The number of hydrogen-bond donors (Lipinski definition) is 0. The first-order valence-electron chi connectivity index (χ1n) is 21.1. The number of rotatable bonds is 5. The van der Waals surface area contributed by atoms with Gasteiger partial charge in [-0.1, -0.05) is 194 Å². The lowest BCUT2D eigenvalue weighted by molar-refractivity contribution is 0.669. The molecule has 0 aliphatic heterocycles. The highest BCUT2D eigenvalue weighted by atomic mass is 16.3. The minimum Gasteiger partial charge on any atom is -0.456 e. The fraction of sp³-hybridized carbons (Fsp3) is 0.0172. The average molecular weight is 790 g/mol. The molecular weight excluding hydrogens is 755 g/mol. The van der Waals surface area contributed by atoms with E-state index in [0.717, 1.165) is 60.9 Å². The molecule has 2 heterocycles. The molecule has 0 radical (unpaired) electrons. The molecule has 0 N–H and O–H groups in total. The quantitative estimate of drug-likeness (QED) is 0.174. The molecule has 0 unspecified atom stereocenters. The summed E-state index contributed by atoms with van der Waals surface area (Å²) in [6, 6.07) is 75.6. The Morgan fingerprint density at radius 2 is 0.758 bits per heavy atom. The zero-order valence-corrected chi connectivity index (χ0v) is 33.5. The third kappa shape index (κ3) is 4.98. The molecule has 288 valence electrons. The van der Waals surface area contributed by atoms with Crippen LogP contribution >= 0.6 is 0 Å². The van der Waals surface area contributed by atoms with E-state index in [9.17, 15) is 0 Å². The maximum Gasteiger partial charge on any atom is 0.164 e. The first kappa shape index (κ1) is 34.6. The van der Waals surface area contributed by atoms with Gasteiger partial charge in [0.2, 0.25) is 0 Å². The molecule has 4 heteroatoms. The van der Waals surface area contributed by atoms with Crippen LogP contribution in [0.3, 0.4) is 0 Å². The van der Waals surface area contributed by atoms with Crippen molar-refractivity contribution in [2.75, 3.05) is 0 Å². The van der Waals surface area contributed by atoms with Crippen molar-refractivity contribution in [1.82, 2.24) is 15.0 Å². The van der Waals surface area contributed by atoms with Gasteiger partial charge >= 0.3 is 0 Å². The molecule has 0 saturated heterocycles. The number of hydrogen-bond acceptors (Lipinski definition) is 4. The Morgan fingerprint density at radius 3 is 1.44 bits per heavy atom. The van der Waals surface area contributed by atoms with Gasteiger partial charge in [-0.2, -0.15) is 0 Å². The molecule has 0 saturated carbocycles. The van der Waals surface area contributed by atoms with E-state index in [1.165, 1.54) is 44.5 Å². The molecule has 0 atom stereocenters. The van der Waals surface area contributed by atoms with E-state index in [2.05, 4.69) is 176 Å². The summed E-state index contributed by atoms with van der Waals surface area (Å²) in [5, 5.41) is 2.22. The molecule has 2 aliphatic carbocycles. The number of fused-ring (bicyclic) bond motifs is 13. The summed E-state index contributed by atoms with van der Waals surface area (Å²) in [6.07, 6.45) is 0. The standard InChI is InChI=1S/C58H35N3O/c1-2-15-37(16-3-1)55-59-56(38-31-29-36(30-32-38)41-23-14-28-53-54(41)47-22-9-13-27-52(47)62-53)61-57(60-55)46-21-5-4-17-40(46)39-33-34-45-44-20-8-12-26-50(44)58(51(45)35-39)48-24-10-6-18-42(48)43-19-7-11-25-49(43)58/h1-35H. The van der Waals surface area contributed by atoms with Crippen molar-refractivity contribution < 1.29 is 4.42 Å². The summed E-state index contributed by atoms with van der Waals surface area (Å²) in [7, 11) is 0. The van der Waals surface area contributed by atoms with Gasteiger partial charge < -0.3 is 4.42 Å². The molecule has 0 bridgehead atoms. The Labute approximate surface area is 358 Å². The zero-order chi connectivity index (χ0) is 40.8. The predicted molar refractivity (Wildman–Crippen MR) is 251 cm³/mol. The summed E-state index contributed by atoms with van der Waals surface area (Å²) < 4.78 is 6.22. The number of nitrogens with zero attached hydrogens (tertiary/aromatic N) is 3. The monoisotopic (exact) mass is 789 g/mol. The highest BCUT2D eigenvalue weighted by molar-refractivity contribution is 6.12. The minimum atomic E-state index is -0.437. The molecule has 11 aromatic rings. The molecule has 0 fully saturated rings. The maximum atomic E-state index is 6.22. The van der Waals surface area contributed by atoms with Crippen molar-refractivity contribution in [2.24, 2.45) is 0 Å². The van der Waals surface area contributed by atoms with Crippen molar-refractivity contribution in [3.05, 3.63) is 235 Å². The van der Waals surface area contributed by atoms with Gasteiger partial charge in [-0.3, -0.25) is 0 Å². The van der Waals surface area contributed by atoms with Crippen molar-refractivity contribution in [2.45, 2.75) is 5.41 Å². The van der Waals surface area contributed by atoms with Crippen LogP contribution in [0.4, 0.5) is 0 Å². The second-order valence-electron chi connectivity index (χ2n) is 16.2. The van der Waals surface area contributed by atoms with E-state index in [0.29, 0.717) is 17.5 Å². The van der Waals surface area contributed by atoms with E-state index in [1.54, 1.807) is 0 Å². The molecular formula is C58H35N3O. The summed E-state index contributed by atoms with van der Waals surface area (Å²) in [6.45, 7) is 0. The third-order valence-electron chi connectivity index (χ3n) is 13.0. The Kier molecular flexibility index (Phi) is 7.49. The molecule has 4 nitrogen and oxygen atoms in total. The molecule has 9 aromatic carbocycles. The summed E-state index contributed by atoms with van der Waals surface area (Å²) in [5.41, 5.74) is 18.9. The second kappa shape index (κ2) is 13.4. The van der Waals surface area contributed by atoms with Crippen molar-refractivity contribution in [1.29, 1.82) is 0 Å². The third-order valence-corrected chi connectivity index (χ3v) is 13.0. The SMILES string of the molecule is c1ccc(-c2nc(-c3ccc(-c4cccc5oc6ccccc6c45)cc3)nc(-c3ccccc3-c3ccc4c(c3)C3(c5ccccc5-c5ccccc53)c3ccccc3-4)n2)cc1. The van der Waals surface area contributed by atoms with E-state index in [1.807, 2.05) is 36.4 Å². The van der Waals surface area contributed by atoms with E-state index in [-0.39, 0.29) is 0 Å². The topological polar surface area (TPSA) is 51.8 Å². The van der Waals surface area contributed by atoms with Gasteiger partial charge in [0.15, 0.2) is 17.5 Å². The number of benzene rings is 9. The number of aromatic nitrogens is 3. The minimum absolute atomic E-state index is 0.437. The highest BCUT2D eigenvalue weighted by Gasteiger charge is 2.51. The number of furan rings is 1. The van der Waals surface area contributed by atoms with Crippen LogP contribution in [0.1, 0.15) is 22.3 Å². The summed E-state index contributed by atoms with van der Waals surface area (Å²) in [4.78, 5) is 15.6. The zero-order valence-electron chi connectivity index (χ0n) is 33.5. The van der Waals surface area contributed by atoms with Crippen molar-refractivity contribution in [3.8, 4) is 78.7 Å². The first-order valence-corrected chi connectivity index (χ1v) is 21.1. The van der Waals surface area contributed by atoms with Gasteiger partial charge in [0.1, 0.15) is 11.2 Å². The van der Waals surface area contributed by atoms with Gasteiger partial charge in [-0.25, -0.2) is 15.0 Å². The molecule has 62 heavy (non-hydrogen) atoms. The number of para-hydroxylation sites is 1. The van der Waals surface area contributed by atoms with E-state index >= 15 is 0 Å². The lowest BCUT2D eigenvalue weighted by Crippen LogP contribution is -2.25. The Morgan fingerprint density at radius 1 is 0.290 bits per heavy atom. The van der Waals surface area contributed by atoms with Crippen LogP contribution in [0, 0.1) is 0 Å². The lowest BCUT2D eigenvalue weighted by atomic mass is 9.70. The van der Waals surface area contributed by atoms with E-state index < -0.39 is 5.41 Å². The van der Waals surface area contributed by atoms with Crippen LogP contribution in [0.25, 0.3) is 101 Å². The molecule has 2 aliphatic rings. The lowest BCUT2D eigenvalue weighted by Gasteiger charge is -2.30. The fourth-order valence-electron chi connectivity index (χ4n) is 10.3. The summed E-state index contributed by atoms with van der Waals surface area (Å²) in [5.74, 6) is 1.87. The van der Waals surface area contributed by atoms with E-state index in [4.69, 9.17) is 19.4 Å². The maximum absolute atomic E-state index is 6.22. The molecule has 2 aromatic heterocycles. The summed E-state index contributed by atoms with van der Waals surface area (Å²) >= 11 is 0. The Balaban J connectivity index is 0.967. The van der Waals surface area contributed by atoms with Gasteiger partial charge in [-0.05, 0) is 85.0 Å². The van der Waals surface area contributed by atoms with Gasteiger partial charge in [0.05, 0.1) is 5.41 Å². The van der Waals surface area contributed by atoms with Crippen LogP contribution in [-0.2, 0) is 5.41 Å². The van der Waals surface area contributed by atoms with Crippen molar-refractivity contribution >= 4 is 21.9 Å². The van der Waals surface area contributed by atoms with Crippen LogP contribution in [0.15, 0.2) is 217 Å². The Bertz CT molecular complexity index is 3520.